The fourth-order valence-electron chi connectivity index (χ4n) is 2.17. The Bertz CT molecular complexity index is 989. The first-order valence-electron chi connectivity index (χ1n) is 6.53. The zero-order valence-corrected chi connectivity index (χ0v) is 15.1. The molecule has 0 fully saturated rings. The molecule has 3 rings (SSSR count). The number of methoxy groups -OCH3 is 1. The van der Waals surface area contributed by atoms with E-state index < -0.39 is 10.0 Å². The summed E-state index contributed by atoms with van der Waals surface area (Å²) in [6.07, 6.45) is 2.60. The number of pyridine rings is 1. The molecule has 0 atom stereocenters. The van der Waals surface area contributed by atoms with Crippen molar-refractivity contribution in [1.82, 2.24) is 15.0 Å². The molecule has 7 nitrogen and oxygen atoms in total. The zero-order valence-electron chi connectivity index (χ0n) is 12.7. The Morgan fingerprint density at radius 1 is 1.29 bits per heavy atom. The van der Waals surface area contributed by atoms with Gasteiger partial charge in [-0.05, 0) is 18.2 Å². The Morgan fingerprint density at radius 2 is 2.04 bits per heavy atom. The molecule has 0 aliphatic heterocycles. The quantitative estimate of drug-likeness (QED) is 0.715. The number of benzene rings is 1. The fraction of sp³-hybridized carbons (Fsp3) is 0.143. The van der Waals surface area contributed by atoms with Gasteiger partial charge in [-0.15, -0.1) is 12.4 Å². The van der Waals surface area contributed by atoms with Gasteiger partial charge >= 0.3 is 0 Å². The number of nitrogens with one attached hydrogen (secondary N) is 2. The summed E-state index contributed by atoms with van der Waals surface area (Å²) in [4.78, 5) is 11.7. The fourth-order valence-corrected chi connectivity index (χ4v) is 2.88. The molecule has 0 aliphatic rings. The van der Waals surface area contributed by atoms with Gasteiger partial charge in [0.2, 0.25) is 10.0 Å². The minimum atomic E-state index is -3.36. The van der Waals surface area contributed by atoms with E-state index in [9.17, 15) is 8.42 Å². The largest absolute Gasteiger partial charge is 0.496 e. The Labute approximate surface area is 149 Å². The van der Waals surface area contributed by atoms with E-state index in [1.807, 2.05) is 0 Å². The minimum Gasteiger partial charge on any atom is -0.496 e. The number of ether oxygens (including phenoxy) is 1. The summed E-state index contributed by atoms with van der Waals surface area (Å²) in [5.74, 6) is 1.03. The number of hydrogen-bond acceptors (Lipinski definition) is 5. The maximum absolute atomic E-state index is 11.3. The molecule has 0 saturated heterocycles. The summed E-state index contributed by atoms with van der Waals surface area (Å²) in [5.41, 5.74) is 2.32. The van der Waals surface area contributed by atoms with Crippen molar-refractivity contribution < 1.29 is 13.2 Å². The zero-order chi connectivity index (χ0) is 16.6. The van der Waals surface area contributed by atoms with E-state index in [2.05, 4.69) is 19.7 Å². The molecule has 3 aromatic rings. The third kappa shape index (κ3) is 3.89. The number of imidazole rings is 1. The molecule has 10 heteroatoms. The molecule has 1 aromatic carbocycles. The summed E-state index contributed by atoms with van der Waals surface area (Å²) in [7, 11) is -1.86. The second-order valence-electron chi connectivity index (χ2n) is 4.90. The Kier molecular flexibility index (Phi) is 5.22. The lowest BCUT2D eigenvalue weighted by Gasteiger charge is -2.09. The Hall–Kier alpha value is -2.03. The van der Waals surface area contributed by atoms with Gasteiger partial charge in [-0.1, -0.05) is 11.6 Å². The summed E-state index contributed by atoms with van der Waals surface area (Å²) < 4.78 is 30.4. The number of H-pyrrole nitrogens is 1. The highest BCUT2D eigenvalue weighted by molar-refractivity contribution is 7.92. The van der Waals surface area contributed by atoms with Crippen LogP contribution >= 0.6 is 24.0 Å². The highest BCUT2D eigenvalue weighted by Crippen LogP contribution is 2.32. The van der Waals surface area contributed by atoms with Crippen LogP contribution in [0.4, 0.5) is 5.69 Å². The van der Waals surface area contributed by atoms with Crippen molar-refractivity contribution in [3.05, 3.63) is 35.5 Å². The maximum Gasteiger partial charge on any atom is 0.229 e. The summed E-state index contributed by atoms with van der Waals surface area (Å²) in [5, 5.41) is 0.507. The molecule has 0 unspecified atom stereocenters. The van der Waals surface area contributed by atoms with Gasteiger partial charge in [0, 0.05) is 12.3 Å². The molecule has 0 saturated carbocycles. The van der Waals surface area contributed by atoms with E-state index in [-0.39, 0.29) is 12.4 Å². The van der Waals surface area contributed by atoms with E-state index in [0.29, 0.717) is 39.0 Å². The molecule has 2 heterocycles. The number of rotatable bonds is 4. The van der Waals surface area contributed by atoms with Crippen molar-refractivity contribution >= 4 is 50.9 Å². The number of hydrogen-bond donors (Lipinski definition) is 2. The van der Waals surface area contributed by atoms with Crippen LogP contribution in [0.15, 0.2) is 30.5 Å². The molecule has 24 heavy (non-hydrogen) atoms. The van der Waals surface area contributed by atoms with Crippen molar-refractivity contribution in [1.29, 1.82) is 0 Å². The normalized spacial score (nSPS) is 11.1. The minimum absolute atomic E-state index is 0. The third-order valence-electron chi connectivity index (χ3n) is 3.06. The smallest absolute Gasteiger partial charge is 0.229 e. The van der Waals surface area contributed by atoms with Crippen molar-refractivity contribution in [3.63, 3.8) is 0 Å². The SMILES string of the molecule is COc1cc(NS(C)(=O)=O)ccc1-c1nc2ncc(Cl)cc2[nH]1.Cl. The van der Waals surface area contributed by atoms with Crippen molar-refractivity contribution in [2.24, 2.45) is 0 Å². The van der Waals surface area contributed by atoms with Gasteiger partial charge in [-0.3, -0.25) is 4.72 Å². The molecular weight excluding hydrogens is 375 g/mol. The van der Waals surface area contributed by atoms with E-state index in [0.717, 1.165) is 6.26 Å². The highest BCUT2D eigenvalue weighted by Gasteiger charge is 2.13. The average Bonchev–Trinajstić information content (AvgIpc) is 2.88. The number of aromatic nitrogens is 3. The number of anilines is 1. The lowest BCUT2D eigenvalue weighted by molar-refractivity contribution is 0.416. The lowest BCUT2D eigenvalue weighted by Crippen LogP contribution is -2.09. The number of sulfonamides is 1. The number of aromatic amines is 1. The Morgan fingerprint density at radius 3 is 2.71 bits per heavy atom. The number of nitrogens with zero attached hydrogens (tertiary/aromatic N) is 2. The van der Waals surface area contributed by atoms with Gasteiger partial charge in [0.15, 0.2) is 5.65 Å². The molecule has 128 valence electrons. The topological polar surface area (TPSA) is 97.0 Å². The van der Waals surface area contributed by atoms with Crippen LogP contribution in [0.25, 0.3) is 22.6 Å². The third-order valence-corrected chi connectivity index (χ3v) is 3.88. The van der Waals surface area contributed by atoms with Gasteiger partial charge in [0.25, 0.3) is 0 Å². The molecule has 0 aliphatic carbocycles. The summed E-state index contributed by atoms with van der Waals surface area (Å²) in [6, 6.07) is 6.66. The molecule has 0 spiro atoms. The highest BCUT2D eigenvalue weighted by atomic mass is 35.5. The van der Waals surface area contributed by atoms with Gasteiger partial charge in [0.05, 0.1) is 35.2 Å². The van der Waals surface area contributed by atoms with Crippen LogP contribution in [0.3, 0.4) is 0 Å². The first kappa shape index (κ1) is 18.3. The van der Waals surface area contributed by atoms with Crippen molar-refractivity contribution in [2.75, 3.05) is 18.1 Å². The van der Waals surface area contributed by atoms with Crippen LogP contribution in [-0.4, -0.2) is 36.7 Å². The van der Waals surface area contributed by atoms with Crippen LogP contribution in [0.5, 0.6) is 5.75 Å². The van der Waals surface area contributed by atoms with Gasteiger partial charge in [0.1, 0.15) is 11.6 Å². The monoisotopic (exact) mass is 388 g/mol. The lowest BCUT2D eigenvalue weighted by atomic mass is 10.1. The van der Waals surface area contributed by atoms with E-state index >= 15 is 0 Å². The van der Waals surface area contributed by atoms with Crippen LogP contribution < -0.4 is 9.46 Å². The molecular formula is C14H14Cl2N4O3S. The molecule has 0 radical (unpaired) electrons. The standard InChI is InChI=1S/C14H13ClN4O3S.ClH/c1-22-12-6-9(19-23(2,20)21)3-4-10(12)13-17-11-5-8(15)7-16-14(11)18-13;/h3-7,19H,1-2H3,(H,16,17,18);1H. The van der Waals surface area contributed by atoms with Gasteiger partial charge < -0.3 is 9.72 Å². The number of halogens is 2. The van der Waals surface area contributed by atoms with Crippen molar-refractivity contribution in [3.8, 4) is 17.1 Å². The van der Waals surface area contributed by atoms with E-state index in [1.165, 1.54) is 13.3 Å². The van der Waals surface area contributed by atoms with Crippen LogP contribution in [0, 0.1) is 0 Å². The number of fused-ring (bicyclic) bond motifs is 1. The average molecular weight is 389 g/mol. The van der Waals surface area contributed by atoms with Crippen LogP contribution in [0.1, 0.15) is 0 Å². The molecule has 2 aromatic heterocycles. The van der Waals surface area contributed by atoms with E-state index in [1.54, 1.807) is 24.3 Å². The summed E-state index contributed by atoms with van der Waals surface area (Å²) >= 11 is 5.91. The van der Waals surface area contributed by atoms with Gasteiger partial charge in [-0.25, -0.2) is 18.4 Å². The first-order chi connectivity index (χ1) is 10.9. The first-order valence-corrected chi connectivity index (χ1v) is 8.80. The van der Waals surface area contributed by atoms with Crippen LogP contribution in [0.2, 0.25) is 5.02 Å². The van der Waals surface area contributed by atoms with Crippen LogP contribution in [-0.2, 0) is 10.0 Å². The molecule has 2 N–H and O–H groups in total. The molecule has 0 amide bonds. The predicted molar refractivity (Wildman–Crippen MR) is 96.6 cm³/mol. The predicted octanol–water partition coefficient (Wildman–Crippen LogP) is 3.08. The van der Waals surface area contributed by atoms with Gasteiger partial charge in [-0.2, -0.15) is 0 Å². The second-order valence-corrected chi connectivity index (χ2v) is 7.08. The maximum atomic E-state index is 11.3. The molecule has 0 bridgehead atoms. The summed E-state index contributed by atoms with van der Waals surface area (Å²) in [6.45, 7) is 0. The Balaban J connectivity index is 0.00000208. The second kappa shape index (κ2) is 6.84. The van der Waals surface area contributed by atoms with E-state index in [4.69, 9.17) is 16.3 Å². The van der Waals surface area contributed by atoms with Crippen molar-refractivity contribution in [2.45, 2.75) is 0 Å².